The van der Waals surface area contributed by atoms with Gasteiger partial charge in [0.05, 0.1) is 5.56 Å². The molecule has 0 radical (unpaired) electrons. The second-order valence-corrected chi connectivity index (χ2v) is 5.50. The van der Waals surface area contributed by atoms with E-state index in [0.717, 1.165) is 15.6 Å². The molecule has 0 aliphatic heterocycles. The Morgan fingerprint density at radius 3 is 2.65 bits per heavy atom. The summed E-state index contributed by atoms with van der Waals surface area (Å²) in [6, 6.07) is 10.5. The molecule has 0 aromatic heterocycles. The van der Waals surface area contributed by atoms with Gasteiger partial charge in [-0.1, -0.05) is 24.3 Å². The molecule has 0 aliphatic rings. The van der Waals surface area contributed by atoms with Gasteiger partial charge in [-0.2, -0.15) is 0 Å². The minimum atomic E-state index is -0.256. The average molecular weight is 336 g/mol. The number of nitrogens with one attached hydrogen (secondary N) is 1. The van der Waals surface area contributed by atoms with E-state index in [-0.39, 0.29) is 11.7 Å². The Kier molecular flexibility index (Phi) is 4.55. The van der Waals surface area contributed by atoms with Crippen molar-refractivity contribution >= 4 is 21.8 Å². The van der Waals surface area contributed by atoms with E-state index in [1.807, 2.05) is 25.1 Å². The Morgan fingerprint density at radius 1 is 1.20 bits per heavy atom. The molecular formula is C16H15BrFNO. The Labute approximate surface area is 126 Å². The molecule has 0 saturated carbocycles. The summed E-state index contributed by atoms with van der Waals surface area (Å²) in [6.07, 6.45) is 0. The predicted octanol–water partition coefficient (Wildman–Crippen LogP) is 4.14. The molecule has 0 fully saturated rings. The molecule has 0 heterocycles. The van der Waals surface area contributed by atoms with Crippen molar-refractivity contribution in [1.82, 2.24) is 5.32 Å². The number of benzene rings is 2. The van der Waals surface area contributed by atoms with Crippen LogP contribution < -0.4 is 5.32 Å². The summed E-state index contributed by atoms with van der Waals surface area (Å²) in [5.41, 5.74) is 2.92. The highest BCUT2D eigenvalue weighted by Crippen LogP contribution is 2.21. The smallest absolute Gasteiger partial charge is 0.252 e. The van der Waals surface area contributed by atoms with Crippen LogP contribution in [0.4, 0.5) is 4.39 Å². The summed E-state index contributed by atoms with van der Waals surface area (Å²) in [5, 5.41) is 2.79. The zero-order valence-electron chi connectivity index (χ0n) is 11.3. The molecule has 1 amide bonds. The highest BCUT2D eigenvalue weighted by atomic mass is 79.9. The second-order valence-electron chi connectivity index (χ2n) is 4.70. The maximum absolute atomic E-state index is 13.4. The first-order valence-corrected chi connectivity index (χ1v) is 7.06. The first kappa shape index (κ1) is 14.7. The maximum Gasteiger partial charge on any atom is 0.252 e. The van der Waals surface area contributed by atoms with Crippen molar-refractivity contribution in [2.24, 2.45) is 0 Å². The molecule has 0 saturated heterocycles. The second kappa shape index (κ2) is 6.18. The van der Waals surface area contributed by atoms with Gasteiger partial charge in [0.15, 0.2) is 0 Å². The Morgan fingerprint density at radius 2 is 1.95 bits per heavy atom. The normalized spacial score (nSPS) is 10.4. The number of aryl methyl sites for hydroxylation is 2. The average Bonchev–Trinajstić information content (AvgIpc) is 2.43. The van der Waals surface area contributed by atoms with Crippen LogP contribution in [0.15, 0.2) is 40.9 Å². The summed E-state index contributed by atoms with van der Waals surface area (Å²) in [6.45, 7) is 3.94. The summed E-state index contributed by atoms with van der Waals surface area (Å²) in [5.74, 6) is -0.435. The van der Waals surface area contributed by atoms with Crippen LogP contribution in [0, 0.1) is 19.7 Å². The highest BCUT2D eigenvalue weighted by Gasteiger charge is 2.11. The minimum Gasteiger partial charge on any atom is -0.348 e. The summed E-state index contributed by atoms with van der Waals surface area (Å²) >= 11 is 3.41. The molecule has 2 rings (SSSR count). The van der Waals surface area contributed by atoms with Crippen LogP contribution in [0.25, 0.3) is 0 Å². The van der Waals surface area contributed by atoms with Crippen molar-refractivity contribution in [2.45, 2.75) is 20.4 Å². The monoisotopic (exact) mass is 335 g/mol. The lowest BCUT2D eigenvalue weighted by molar-refractivity contribution is 0.0950. The van der Waals surface area contributed by atoms with Gasteiger partial charge in [0.1, 0.15) is 5.82 Å². The molecule has 0 bridgehead atoms. The fourth-order valence-corrected chi connectivity index (χ4v) is 2.29. The van der Waals surface area contributed by atoms with E-state index < -0.39 is 0 Å². The zero-order valence-corrected chi connectivity index (χ0v) is 12.9. The molecule has 1 N–H and O–H groups in total. The maximum atomic E-state index is 13.4. The lowest BCUT2D eigenvalue weighted by atomic mass is 10.1. The zero-order chi connectivity index (χ0) is 14.7. The number of rotatable bonds is 3. The van der Waals surface area contributed by atoms with Gasteiger partial charge in [0.2, 0.25) is 0 Å². The van der Waals surface area contributed by atoms with Crippen LogP contribution in [-0.2, 0) is 6.54 Å². The fourth-order valence-electron chi connectivity index (χ4n) is 1.85. The van der Waals surface area contributed by atoms with Crippen LogP contribution in [0.3, 0.4) is 0 Å². The van der Waals surface area contributed by atoms with Crippen molar-refractivity contribution < 1.29 is 9.18 Å². The van der Waals surface area contributed by atoms with Crippen molar-refractivity contribution in [3.05, 3.63) is 68.9 Å². The van der Waals surface area contributed by atoms with Crippen molar-refractivity contribution in [2.75, 3.05) is 0 Å². The number of amides is 1. The predicted molar refractivity (Wildman–Crippen MR) is 81.2 cm³/mol. The Hall–Kier alpha value is -1.68. The van der Waals surface area contributed by atoms with Crippen molar-refractivity contribution in [3.8, 4) is 0 Å². The van der Waals surface area contributed by atoms with Crippen molar-refractivity contribution in [3.63, 3.8) is 0 Å². The van der Waals surface area contributed by atoms with E-state index in [2.05, 4.69) is 21.2 Å². The number of hydrogen-bond acceptors (Lipinski definition) is 1. The SMILES string of the molecule is Cc1ccc(CNC(=O)c2cccc(C)c2Br)cc1F. The molecule has 104 valence electrons. The van der Waals surface area contributed by atoms with Gasteiger partial charge in [-0.05, 0) is 58.6 Å². The van der Waals surface area contributed by atoms with E-state index in [1.54, 1.807) is 19.1 Å². The van der Waals surface area contributed by atoms with Gasteiger partial charge < -0.3 is 5.32 Å². The molecule has 2 aromatic carbocycles. The van der Waals surface area contributed by atoms with E-state index in [4.69, 9.17) is 0 Å². The summed E-state index contributed by atoms with van der Waals surface area (Å²) < 4.78 is 14.2. The van der Waals surface area contributed by atoms with Gasteiger partial charge in [-0.25, -0.2) is 4.39 Å². The van der Waals surface area contributed by atoms with Gasteiger partial charge >= 0.3 is 0 Å². The van der Waals surface area contributed by atoms with Crippen LogP contribution in [0.1, 0.15) is 27.0 Å². The van der Waals surface area contributed by atoms with E-state index in [0.29, 0.717) is 17.7 Å². The standard InChI is InChI=1S/C16H15BrFNO/c1-10-6-7-12(8-14(10)18)9-19-16(20)13-5-3-4-11(2)15(13)17/h3-8H,9H2,1-2H3,(H,19,20). The quantitative estimate of drug-likeness (QED) is 0.897. The molecule has 2 aromatic rings. The van der Waals surface area contributed by atoms with Crippen molar-refractivity contribution in [1.29, 1.82) is 0 Å². The topological polar surface area (TPSA) is 29.1 Å². The van der Waals surface area contributed by atoms with Crippen LogP contribution >= 0.6 is 15.9 Å². The molecule has 0 spiro atoms. The third-order valence-corrected chi connectivity index (χ3v) is 4.18. The van der Waals surface area contributed by atoms with E-state index >= 15 is 0 Å². The third kappa shape index (κ3) is 3.25. The number of carbonyl (C=O) groups is 1. The lowest BCUT2D eigenvalue weighted by Gasteiger charge is -2.09. The molecule has 4 heteroatoms. The van der Waals surface area contributed by atoms with Gasteiger partial charge in [-0.15, -0.1) is 0 Å². The Balaban J connectivity index is 2.08. The lowest BCUT2D eigenvalue weighted by Crippen LogP contribution is -2.23. The number of carbonyl (C=O) groups excluding carboxylic acids is 1. The molecule has 2 nitrogen and oxygen atoms in total. The Bertz CT molecular complexity index is 655. The molecule has 20 heavy (non-hydrogen) atoms. The van der Waals surface area contributed by atoms with E-state index in [9.17, 15) is 9.18 Å². The van der Waals surface area contributed by atoms with E-state index in [1.165, 1.54) is 6.07 Å². The number of halogens is 2. The molecule has 0 unspecified atom stereocenters. The highest BCUT2D eigenvalue weighted by molar-refractivity contribution is 9.10. The summed E-state index contributed by atoms with van der Waals surface area (Å²) in [4.78, 5) is 12.1. The van der Waals surface area contributed by atoms with Crippen LogP contribution in [-0.4, -0.2) is 5.91 Å². The molecule has 0 aliphatic carbocycles. The minimum absolute atomic E-state index is 0.179. The number of hydrogen-bond donors (Lipinski definition) is 1. The summed E-state index contributed by atoms with van der Waals surface area (Å²) in [7, 11) is 0. The third-order valence-electron chi connectivity index (χ3n) is 3.13. The molecule has 0 atom stereocenters. The van der Waals surface area contributed by atoms with Crippen LogP contribution in [0.2, 0.25) is 0 Å². The van der Waals surface area contributed by atoms with Crippen LogP contribution in [0.5, 0.6) is 0 Å². The van der Waals surface area contributed by atoms with Gasteiger partial charge in [-0.3, -0.25) is 4.79 Å². The largest absolute Gasteiger partial charge is 0.348 e. The first-order valence-electron chi connectivity index (χ1n) is 6.27. The first-order chi connectivity index (χ1) is 9.49. The molecular weight excluding hydrogens is 321 g/mol. The van der Waals surface area contributed by atoms with Gasteiger partial charge in [0.25, 0.3) is 5.91 Å². The van der Waals surface area contributed by atoms with Gasteiger partial charge in [0, 0.05) is 11.0 Å². The fraction of sp³-hybridized carbons (Fsp3) is 0.188.